The van der Waals surface area contributed by atoms with Gasteiger partial charge >= 0.3 is 0 Å². The number of pyridine rings is 1. The third-order valence-electron chi connectivity index (χ3n) is 1.95. The molecule has 0 fully saturated rings. The van der Waals surface area contributed by atoms with E-state index in [9.17, 15) is 0 Å². The maximum absolute atomic E-state index is 8.87. The van der Waals surface area contributed by atoms with Crippen molar-refractivity contribution in [1.29, 1.82) is 5.26 Å². The molecule has 0 amide bonds. The Balaban J connectivity index is 2.99. The first-order valence-corrected chi connectivity index (χ1v) is 4.61. The molecule has 2 rings (SSSR count). The van der Waals surface area contributed by atoms with Crippen LogP contribution in [-0.4, -0.2) is 4.98 Å². The Morgan fingerprint density at radius 1 is 1.29 bits per heavy atom. The van der Waals surface area contributed by atoms with Gasteiger partial charge in [-0.05, 0) is 12.1 Å². The minimum atomic E-state index is 0.391. The highest BCUT2D eigenvalue weighted by Crippen LogP contribution is 2.32. The molecule has 0 aliphatic rings. The van der Waals surface area contributed by atoms with Crippen LogP contribution in [0.3, 0.4) is 0 Å². The molecule has 0 aliphatic heterocycles. The largest absolute Gasteiger partial charge is 0.264 e. The number of hydrogen-bond acceptors (Lipinski definition) is 2. The molecule has 0 bridgehead atoms. The van der Waals surface area contributed by atoms with E-state index in [-0.39, 0.29) is 0 Å². The molecule has 0 N–H and O–H groups in total. The standard InChI is InChI=1S/C10H4Cl2N2/c11-9-3-6(4-13)8-5-14-2-1-7(8)10(9)12/h1-3,5H. The molecule has 1 aromatic carbocycles. The summed E-state index contributed by atoms with van der Waals surface area (Å²) in [7, 11) is 0. The van der Waals surface area contributed by atoms with Crippen LogP contribution < -0.4 is 0 Å². The van der Waals surface area contributed by atoms with Gasteiger partial charge in [0.05, 0.1) is 21.7 Å². The molecule has 0 saturated carbocycles. The lowest BCUT2D eigenvalue weighted by Crippen LogP contribution is -1.83. The van der Waals surface area contributed by atoms with Crippen LogP contribution in [-0.2, 0) is 0 Å². The molecular formula is C10H4Cl2N2. The Bertz CT molecular complexity index is 544. The Morgan fingerprint density at radius 3 is 2.79 bits per heavy atom. The molecule has 1 aromatic heterocycles. The van der Waals surface area contributed by atoms with Gasteiger partial charge in [0, 0.05) is 23.2 Å². The molecule has 14 heavy (non-hydrogen) atoms. The molecule has 0 saturated heterocycles. The highest BCUT2D eigenvalue weighted by molar-refractivity contribution is 6.45. The summed E-state index contributed by atoms with van der Waals surface area (Å²) in [5.74, 6) is 0. The number of aromatic nitrogens is 1. The fourth-order valence-electron chi connectivity index (χ4n) is 1.29. The first kappa shape index (κ1) is 9.26. The van der Waals surface area contributed by atoms with Crippen LogP contribution in [0.15, 0.2) is 24.5 Å². The van der Waals surface area contributed by atoms with Crippen LogP contribution in [0, 0.1) is 11.3 Å². The van der Waals surface area contributed by atoms with E-state index in [2.05, 4.69) is 11.1 Å². The number of hydrogen-bond donors (Lipinski definition) is 0. The van der Waals surface area contributed by atoms with Crippen LogP contribution in [0.25, 0.3) is 10.8 Å². The van der Waals surface area contributed by atoms with Gasteiger partial charge in [-0.3, -0.25) is 4.98 Å². The van der Waals surface area contributed by atoms with Gasteiger partial charge in [-0.15, -0.1) is 0 Å². The van der Waals surface area contributed by atoms with Gasteiger partial charge in [-0.25, -0.2) is 0 Å². The molecule has 0 spiro atoms. The van der Waals surface area contributed by atoms with Crippen LogP contribution in [0.1, 0.15) is 5.56 Å². The molecule has 1 heterocycles. The van der Waals surface area contributed by atoms with E-state index < -0.39 is 0 Å². The quantitative estimate of drug-likeness (QED) is 0.686. The van der Waals surface area contributed by atoms with E-state index >= 15 is 0 Å². The second kappa shape index (κ2) is 3.45. The zero-order chi connectivity index (χ0) is 10.1. The first-order valence-electron chi connectivity index (χ1n) is 3.86. The predicted octanol–water partition coefficient (Wildman–Crippen LogP) is 3.41. The van der Waals surface area contributed by atoms with Crippen LogP contribution in [0.4, 0.5) is 0 Å². The van der Waals surface area contributed by atoms with Gasteiger partial charge < -0.3 is 0 Å². The lowest BCUT2D eigenvalue weighted by atomic mass is 10.1. The molecule has 0 radical (unpaired) electrons. The SMILES string of the molecule is N#Cc1cc(Cl)c(Cl)c2ccncc12. The smallest absolute Gasteiger partial charge is 0.0999 e. The van der Waals surface area contributed by atoms with Gasteiger partial charge in [-0.2, -0.15) is 5.26 Å². The van der Waals surface area contributed by atoms with Crippen LogP contribution >= 0.6 is 23.2 Å². The minimum Gasteiger partial charge on any atom is -0.264 e. The maximum Gasteiger partial charge on any atom is 0.0999 e. The van der Waals surface area contributed by atoms with Gasteiger partial charge in [0.15, 0.2) is 0 Å². The van der Waals surface area contributed by atoms with E-state index in [1.54, 1.807) is 24.5 Å². The van der Waals surface area contributed by atoms with Gasteiger partial charge in [-0.1, -0.05) is 23.2 Å². The van der Waals surface area contributed by atoms with E-state index in [1.165, 1.54) is 0 Å². The molecule has 0 atom stereocenters. The van der Waals surface area contributed by atoms with E-state index in [4.69, 9.17) is 28.5 Å². The fourth-order valence-corrected chi connectivity index (χ4v) is 1.72. The lowest BCUT2D eigenvalue weighted by molar-refractivity contribution is 1.36. The van der Waals surface area contributed by atoms with Crippen LogP contribution in [0.5, 0.6) is 0 Å². The molecule has 4 heteroatoms. The Hall–Kier alpha value is -1.30. The van der Waals surface area contributed by atoms with Gasteiger partial charge in [0.1, 0.15) is 0 Å². The van der Waals surface area contributed by atoms with E-state index in [0.717, 1.165) is 10.8 Å². The lowest BCUT2D eigenvalue weighted by Gasteiger charge is -2.03. The average molecular weight is 223 g/mol. The average Bonchev–Trinajstić information content (AvgIpc) is 2.23. The monoisotopic (exact) mass is 222 g/mol. The van der Waals surface area contributed by atoms with Gasteiger partial charge in [0.25, 0.3) is 0 Å². The summed E-state index contributed by atoms with van der Waals surface area (Å²) in [5, 5.41) is 11.2. The molecule has 0 unspecified atom stereocenters. The van der Waals surface area contributed by atoms with Crippen molar-refractivity contribution in [3.05, 3.63) is 40.1 Å². The molecule has 2 aromatic rings. The second-order valence-electron chi connectivity index (χ2n) is 2.75. The number of fused-ring (bicyclic) bond motifs is 1. The molecule has 0 aliphatic carbocycles. The topological polar surface area (TPSA) is 36.7 Å². The highest BCUT2D eigenvalue weighted by atomic mass is 35.5. The zero-order valence-electron chi connectivity index (χ0n) is 6.96. The molecule has 68 valence electrons. The second-order valence-corrected chi connectivity index (χ2v) is 3.54. The summed E-state index contributed by atoms with van der Waals surface area (Å²) in [6.07, 6.45) is 3.22. The highest BCUT2D eigenvalue weighted by Gasteiger charge is 2.08. The van der Waals surface area contributed by atoms with Crippen molar-refractivity contribution in [3.63, 3.8) is 0 Å². The van der Waals surface area contributed by atoms with E-state index in [1.807, 2.05) is 0 Å². The Kier molecular flexibility index (Phi) is 2.28. The summed E-state index contributed by atoms with van der Waals surface area (Å²) in [6.45, 7) is 0. The van der Waals surface area contributed by atoms with Crippen LogP contribution in [0.2, 0.25) is 10.0 Å². The number of nitriles is 1. The Morgan fingerprint density at radius 2 is 2.07 bits per heavy atom. The van der Waals surface area contributed by atoms with E-state index in [0.29, 0.717) is 15.6 Å². The van der Waals surface area contributed by atoms with Crippen molar-refractivity contribution in [2.45, 2.75) is 0 Å². The zero-order valence-corrected chi connectivity index (χ0v) is 8.47. The first-order chi connectivity index (χ1) is 6.74. The van der Waals surface area contributed by atoms with Crippen molar-refractivity contribution >= 4 is 34.0 Å². The third-order valence-corrected chi connectivity index (χ3v) is 2.75. The Labute approximate surface area is 90.7 Å². The molecule has 2 nitrogen and oxygen atoms in total. The summed E-state index contributed by atoms with van der Waals surface area (Å²) in [6, 6.07) is 5.34. The number of rotatable bonds is 0. The maximum atomic E-state index is 8.87. The van der Waals surface area contributed by atoms with Gasteiger partial charge in [0.2, 0.25) is 0 Å². The van der Waals surface area contributed by atoms with Crippen molar-refractivity contribution in [1.82, 2.24) is 4.98 Å². The van der Waals surface area contributed by atoms with Crippen molar-refractivity contribution in [2.24, 2.45) is 0 Å². The van der Waals surface area contributed by atoms with Crippen molar-refractivity contribution in [2.75, 3.05) is 0 Å². The van der Waals surface area contributed by atoms with Crippen molar-refractivity contribution in [3.8, 4) is 6.07 Å². The molecular weight excluding hydrogens is 219 g/mol. The normalized spacial score (nSPS) is 10.1. The summed E-state index contributed by atoms with van der Waals surface area (Å²) in [4.78, 5) is 3.94. The number of halogens is 2. The predicted molar refractivity (Wildman–Crippen MR) is 56.5 cm³/mol. The number of nitrogens with zero attached hydrogens (tertiary/aromatic N) is 2. The summed E-state index contributed by atoms with van der Waals surface area (Å²) in [5.41, 5.74) is 0.488. The fraction of sp³-hybridized carbons (Fsp3) is 0. The summed E-state index contributed by atoms with van der Waals surface area (Å²) < 4.78 is 0. The van der Waals surface area contributed by atoms with Crippen molar-refractivity contribution < 1.29 is 0 Å². The summed E-state index contributed by atoms with van der Waals surface area (Å²) >= 11 is 11.9. The minimum absolute atomic E-state index is 0.391. The number of benzene rings is 1. The third kappa shape index (κ3) is 1.31.